The summed E-state index contributed by atoms with van der Waals surface area (Å²) in [7, 11) is 0. The van der Waals surface area contributed by atoms with Gasteiger partial charge in [-0.05, 0) is 31.9 Å². The molecule has 102 valence electrons. The fraction of sp³-hybridized carbons (Fsp3) is 0.267. The van der Waals surface area contributed by atoms with Crippen LogP contribution in [0.5, 0.6) is 0 Å². The molecule has 1 unspecified atom stereocenters. The van der Waals surface area contributed by atoms with Crippen LogP contribution in [0.3, 0.4) is 0 Å². The molecule has 20 heavy (non-hydrogen) atoms. The lowest BCUT2D eigenvalue weighted by Crippen LogP contribution is -2.33. The predicted octanol–water partition coefficient (Wildman–Crippen LogP) is 2.41. The Morgan fingerprint density at radius 3 is 2.90 bits per heavy atom. The SMILES string of the molecule is CC1CC/C(=N\Nc2ccccc2)c2nccc(=O)n21. The van der Waals surface area contributed by atoms with E-state index in [0.29, 0.717) is 5.82 Å². The number of aromatic nitrogens is 2. The Morgan fingerprint density at radius 2 is 2.10 bits per heavy atom. The Kier molecular flexibility index (Phi) is 3.33. The lowest BCUT2D eigenvalue weighted by atomic mass is 10.0. The highest BCUT2D eigenvalue weighted by Gasteiger charge is 2.22. The van der Waals surface area contributed by atoms with Gasteiger partial charge in [0.05, 0.1) is 5.69 Å². The van der Waals surface area contributed by atoms with Gasteiger partial charge in [-0.25, -0.2) is 4.98 Å². The summed E-state index contributed by atoms with van der Waals surface area (Å²) in [6, 6.07) is 11.4. The normalized spacial score (nSPS) is 19.6. The summed E-state index contributed by atoms with van der Waals surface area (Å²) in [5.41, 5.74) is 4.75. The first kappa shape index (κ1) is 12.6. The van der Waals surface area contributed by atoms with Crippen molar-refractivity contribution in [1.29, 1.82) is 0 Å². The number of hydrogen-bond donors (Lipinski definition) is 1. The molecule has 2 aromatic rings. The van der Waals surface area contributed by atoms with Crippen molar-refractivity contribution in [1.82, 2.24) is 9.55 Å². The fourth-order valence-electron chi connectivity index (χ4n) is 2.40. The van der Waals surface area contributed by atoms with Crippen LogP contribution >= 0.6 is 0 Å². The van der Waals surface area contributed by atoms with Gasteiger partial charge in [-0.1, -0.05) is 18.2 Å². The van der Waals surface area contributed by atoms with E-state index in [2.05, 4.69) is 15.5 Å². The number of fused-ring (bicyclic) bond motifs is 1. The smallest absolute Gasteiger partial charge is 0.253 e. The Balaban J connectivity index is 1.95. The molecule has 0 aliphatic carbocycles. The molecule has 0 saturated carbocycles. The number of rotatable bonds is 2. The summed E-state index contributed by atoms with van der Waals surface area (Å²) in [5, 5.41) is 4.41. The molecule has 1 N–H and O–H groups in total. The van der Waals surface area contributed by atoms with Gasteiger partial charge in [0.1, 0.15) is 5.71 Å². The number of anilines is 1. The van der Waals surface area contributed by atoms with E-state index in [1.807, 2.05) is 37.3 Å². The Morgan fingerprint density at radius 1 is 1.30 bits per heavy atom. The third-order valence-electron chi connectivity index (χ3n) is 3.47. The maximum absolute atomic E-state index is 11.9. The maximum Gasteiger partial charge on any atom is 0.253 e. The second kappa shape index (κ2) is 5.28. The highest BCUT2D eigenvalue weighted by molar-refractivity contribution is 5.98. The van der Waals surface area contributed by atoms with Gasteiger partial charge in [0.25, 0.3) is 5.56 Å². The van der Waals surface area contributed by atoms with E-state index >= 15 is 0 Å². The van der Waals surface area contributed by atoms with Gasteiger partial charge in [0.2, 0.25) is 0 Å². The van der Waals surface area contributed by atoms with E-state index in [4.69, 9.17) is 0 Å². The average molecular weight is 268 g/mol. The number of nitrogens with one attached hydrogen (secondary N) is 1. The topological polar surface area (TPSA) is 59.3 Å². The second-order valence-corrected chi connectivity index (χ2v) is 4.90. The largest absolute Gasteiger partial charge is 0.289 e. The first-order chi connectivity index (χ1) is 9.75. The molecule has 0 radical (unpaired) electrons. The van der Waals surface area contributed by atoms with Gasteiger partial charge in [-0.15, -0.1) is 0 Å². The van der Waals surface area contributed by atoms with Crippen molar-refractivity contribution in [2.24, 2.45) is 5.10 Å². The summed E-state index contributed by atoms with van der Waals surface area (Å²) in [6.45, 7) is 2.04. The third kappa shape index (κ3) is 2.34. The van der Waals surface area contributed by atoms with E-state index in [0.717, 1.165) is 24.2 Å². The van der Waals surface area contributed by atoms with Crippen molar-refractivity contribution in [3.8, 4) is 0 Å². The standard InChI is InChI=1S/C15H16N4O/c1-11-7-8-13(15-16-10-9-14(20)19(11)15)18-17-12-5-3-2-4-6-12/h2-6,9-11,17H,7-8H2,1H3/b18-13+. The zero-order valence-corrected chi connectivity index (χ0v) is 11.3. The Hall–Kier alpha value is -2.43. The lowest BCUT2D eigenvalue weighted by Gasteiger charge is -2.24. The summed E-state index contributed by atoms with van der Waals surface area (Å²) in [4.78, 5) is 16.3. The van der Waals surface area contributed by atoms with Gasteiger partial charge in [0.15, 0.2) is 5.82 Å². The Labute approximate surface area is 117 Å². The number of para-hydroxylation sites is 1. The minimum atomic E-state index is -0.0189. The van der Waals surface area contributed by atoms with Crippen molar-refractivity contribution in [2.45, 2.75) is 25.8 Å². The number of nitrogens with zero attached hydrogens (tertiary/aromatic N) is 3. The molecule has 1 atom stereocenters. The van der Waals surface area contributed by atoms with Crippen molar-refractivity contribution in [3.05, 3.63) is 58.8 Å². The van der Waals surface area contributed by atoms with Gasteiger partial charge in [-0.2, -0.15) is 5.10 Å². The molecule has 0 saturated heterocycles. The monoisotopic (exact) mass is 268 g/mol. The van der Waals surface area contributed by atoms with Crippen LogP contribution in [0.15, 0.2) is 52.5 Å². The zero-order chi connectivity index (χ0) is 13.9. The quantitative estimate of drug-likeness (QED) is 0.851. The molecule has 0 bridgehead atoms. The van der Waals surface area contributed by atoms with Crippen molar-refractivity contribution in [2.75, 3.05) is 5.43 Å². The predicted molar refractivity (Wildman–Crippen MR) is 79.0 cm³/mol. The minimum absolute atomic E-state index is 0.0189. The van der Waals surface area contributed by atoms with Crippen LogP contribution in [-0.2, 0) is 0 Å². The molecule has 5 nitrogen and oxygen atoms in total. The van der Waals surface area contributed by atoms with Gasteiger partial charge in [-0.3, -0.25) is 14.8 Å². The highest BCUT2D eigenvalue weighted by Crippen LogP contribution is 2.21. The van der Waals surface area contributed by atoms with Crippen LogP contribution in [0.4, 0.5) is 5.69 Å². The Bertz CT molecular complexity index is 691. The molecule has 1 aromatic carbocycles. The molecule has 1 aromatic heterocycles. The summed E-state index contributed by atoms with van der Waals surface area (Å²) in [5.74, 6) is 0.666. The van der Waals surface area contributed by atoms with E-state index in [9.17, 15) is 4.79 Å². The lowest BCUT2D eigenvalue weighted by molar-refractivity contribution is 0.471. The summed E-state index contributed by atoms with van der Waals surface area (Å²) < 4.78 is 1.72. The molecule has 1 aliphatic heterocycles. The summed E-state index contributed by atoms with van der Waals surface area (Å²) >= 11 is 0. The molecule has 0 amide bonds. The fourth-order valence-corrected chi connectivity index (χ4v) is 2.40. The van der Waals surface area contributed by atoms with Crippen LogP contribution in [0, 0.1) is 0 Å². The van der Waals surface area contributed by atoms with Gasteiger partial charge >= 0.3 is 0 Å². The number of hydrazone groups is 1. The molecule has 5 heteroatoms. The zero-order valence-electron chi connectivity index (χ0n) is 11.3. The molecule has 2 heterocycles. The average Bonchev–Trinajstić information content (AvgIpc) is 2.48. The van der Waals surface area contributed by atoms with E-state index in [-0.39, 0.29) is 11.6 Å². The molecule has 1 aliphatic rings. The molecule has 3 rings (SSSR count). The first-order valence-corrected chi connectivity index (χ1v) is 6.71. The number of benzene rings is 1. The van der Waals surface area contributed by atoms with Gasteiger partial charge < -0.3 is 0 Å². The van der Waals surface area contributed by atoms with E-state index in [1.54, 1.807) is 10.8 Å². The van der Waals surface area contributed by atoms with Crippen molar-refractivity contribution in [3.63, 3.8) is 0 Å². The third-order valence-corrected chi connectivity index (χ3v) is 3.47. The van der Waals surface area contributed by atoms with Crippen LogP contribution < -0.4 is 11.0 Å². The highest BCUT2D eigenvalue weighted by atomic mass is 16.1. The van der Waals surface area contributed by atoms with Crippen LogP contribution in [0.1, 0.15) is 31.6 Å². The first-order valence-electron chi connectivity index (χ1n) is 6.71. The minimum Gasteiger partial charge on any atom is -0.289 e. The van der Waals surface area contributed by atoms with Gasteiger partial charge in [0, 0.05) is 18.3 Å². The van der Waals surface area contributed by atoms with Crippen LogP contribution in [-0.4, -0.2) is 15.3 Å². The van der Waals surface area contributed by atoms with Crippen molar-refractivity contribution < 1.29 is 0 Å². The van der Waals surface area contributed by atoms with Crippen molar-refractivity contribution >= 4 is 11.4 Å². The van der Waals surface area contributed by atoms with E-state index < -0.39 is 0 Å². The maximum atomic E-state index is 11.9. The van der Waals surface area contributed by atoms with E-state index in [1.165, 1.54) is 6.07 Å². The molecular weight excluding hydrogens is 252 g/mol. The molecule has 0 fully saturated rings. The summed E-state index contributed by atoms with van der Waals surface area (Å²) in [6.07, 6.45) is 3.26. The second-order valence-electron chi connectivity index (χ2n) is 4.90. The number of hydrogen-bond acceptors (Lipinski definition) is 4. The molecule has 0 spiro atoms. The van der Waals surface area contributed by atoms with Crippen LogP contribution in [0.25, 0.3) is 0 Å². The molecular formula is C15H16N4O. The van der Waals surface area contributed by atoms with Crippen LogP contribution in [0.2, 0.25) is 0 Å².